The summed E-state index contributed by atoms with van der Waals surface area (Å²) in [7, 11) is 0. The first kappa shape index (κ1) is 25.1. The van der Waals surface area contributed by atoms with Crippen molar-refractivity contribution in [1.29, 1.82) is 0 Å². The highest BCUT2D eigenvalue weighted by atomic mass is 16.4. The van der Waals surface area contributed by atoms with Gasteiger partial charge in [0.05, 0.1) is 0 Å². The SMILES string of the molecule is CC1=CC[C@@](C)([C@H](C)CC(=O)/C=C(\C)C(=O)O)[C@@]12CC[C@@H]1C2=CC[C@H]2C(C)(C)C(=O)CC[C@]12C. The third kappa shape index (κ3) is 3.27. The van der Waals surface area contributed by atoms with Crippen LogP contribution in [0.4, 0.5) is 0 Å². The van der Waals surface area contributed by atoms with E-state index in [1.165, 1.54) is 18.6 Å². The van der Waals surface area contributed by atoms with Crippen LogP contribution in [0.2, 0.25) is 0 Å². The molecular formula is C30H42O4. The fourth-order valence-corrected chi connectivity index (χ4v) is 8.80. The number of rotatable bonds is 5. The normalized spacial score (nSPS) is 39.9. The predicted octanol–water partition coefficient (Wildman–Crippen LogP) is 6.71. The van der Waals surface area contributed by atoms with Gasteiger partial charge in [-0.1, -0.05) is 57.9 Å². The second-order valence-corrected chi connectivity index (χ2v) is 12.8. The molecule has 0 aromatic carbocycles. The van der Waals surface area contributed by atoms with Crippen molar-refractivity contribution in [2.24, 2.45) is 39.4 Å². The molecule has 2 saturated carbocycles. The van der Waals surface area contributed by atoms with Crippen LogP contribution in [-0.2, 0) is 14.4 Å². The van der Waals surface area contributed by atoms with Crippen LogP contribution >= 0.6 is 0 Å². The molecule has 0 aliphatic heterocycles. The van der Waals surface area contributed by atoms with Crippen LogP contribution in [0.3, 0.4) is 0 Å². The van der Waals surface area contributed by atoms with Crippen LogP contribution in [0.1, 0.15) is 93.4 Å². The number of carboxylic acids is 1. The number of hydrogen-bond donors (Lipinski definition) is 1. The molecule has 1 N–H and O–H groups in total. The van der Waals surface area contributed by atoms with Gasteiger partial charge in [-0.3, -0.25) is 9.59 Å². The van der Waals surface area contributed by atoms with Gasteiger partial charge in [0.2, 0.25) is 0 Å². The minimum absolute atomic E-state index is 0.0392. The van der Waals surface area contributed by atoms with E-state index in [4.69, 9.17) is 0 Å². The highest BCUT2D eigenvalue weighted by Crippen LogP contribution is 2.73. The molecule has 4 aliphatic rings. The van der Waals surface area contributed by atoms with Crippen molar-refractivity contribution in [1.82, 2.24) is 0 Å². The minimum atomic E-state index is -1.04. The smallest absolute Gasteiger partial charge is 0.331 e. The van der Waals surface area contributed by atoms with Crippen molar-refractivity contribution in [3.05, 3.63) is 34.9 Å². The standard InChI is InChI=1S/C30H42O4/c1-18(26(33)34)16-21(31)17-20(3)29(7)14-10-19(2)30(29)15-11-22-23(30)8-9-24-27(4,5)25(32)12-13-28(22,24)6/h8,10,16,20,22,24H,9,11-15,17H2,1-7H3,(H,33,34)/b18-16+/t20-,22-,24+,28-,29+,30+/m1/s1. The van der Waals surface area contributed by atoms with Crippen LogP contribution in [-0.4, -0.2) is 22.6 Å². The topological polar surface area (TPSA) is 71.4 Å². The van der Waals surface area contributed by atoms with Crippen LogP contribution in [0.5, 0.6) is 0 Å². The lowest BCUT2D eigenvalue weighted by atomic mass is 9.46. The summed E-state index contributed by atoms with van der Waals surface area (Å²) in [6.45, 7) is 15.1. The van der Waals surface area contributed by atoms with Gasteiger partial charge in [0, 0.05) is 29.2 Å². The second-order valence-electron chi connectivity index (χ2n) is 12.8. The van der Waals surface area contributed by atoms with Crippen LogP contribution in [0.15, 0.2) is 34.9 Å². The van der Waals surface area contributed by atoms with E-state index >= 15 is 0 Å². The molecule has 2 fully saturated rings. The Morgan fingerprint density at radius 3 is 2.50 bits per heavy atom. The van der Waals surface area contributed by atoms with Crippen molar-refractivity contribution >= 4 is 17.5 Å². The zero-order valence-electron chi connectivity index (χ0n) is 22.1. The Balaban J connectivity index is 1.70. The van der Waals surface area contributed by atoms with Gasteiger partial charge in [-0.15, -0.1) is 0 Å². The molecule has 34 heavy (non-hydrogen) atoms. The first-order chi connectivity index (χ1) is 15.7. The molecule has 6 atom stereocenters. The van der Waals surface area contributed by atoms with Crippen molar-refractivity contribution in [3.8, 4) is 0 Å². The molecule has 0 radical (unpaired) electrons. The summed E-state index contributed by atoms with van der Waals surface area (Å²) >= 11 is 0. The van der Waals surface area contributed by atoms with Gasteiger partial charge in [0.15, 0.2) is 5.78 Å². The van der Waals surface area contributed by atoms with E-state index in [1.807, 2.05) is 0 Å². The highest BCUT2D eigenvalue weighted by molar-refractivity contribution is 5.98. The van der Waals surface area contributed by atoms with E-state index < -0.39 is 5.97 Å². The molecular weight excluding hydrogens is 424 g/mol. The van der Waals surface area contributed by atoms with Crippen LogP contribution < -0.4 is 0 Å². The summed E-state index contributed by atoms with van der Waals surface area (Å²) in [4.78, 5) is 36.8. The number of carbonyl (C=O) groups excluding carboxylic acids is 2. The number of Topliss-reactive ketones (excluding diaryl/α,β-unsaturated/α-hetero) is 1. The maximum absolute atomic E-state index is 12.8. The van der Waals surface area contributed by atoms with E-state index in [1.54, 1.807) is 5.57 Å². The van der Waals surface area contributed by atoms with Crippen molar-refractivity contribution in [2.45, 2.75) is 93.4 Å². The van der Waals surface area contributed by atoms with Gasteiger partial charge < -0.3 is 5.11 Å². The maximum Gasteiger partial charge on any atom is 0.331 e. The average molecular weight is 467 g/mol. The van der Waals surface area contributed by atoms with Crippen molar-refractivity contribution in [3.63, 3.8) is 0 Å². The van der Waals surface area contributed by atoms with Crippen molar-refractivity contribution < 1.29 is 19.5 Å². The zero-order chi connectivity index (χ0) is 25.3. The summed E-state index contributed by atoms with van der Waals surface area (Å²) in [6, 6.07) is 0. The third-order valence-corrected chi connectivity index (χ3v) is 11.1. The minimum Gasteiger partial charge on any atom is -0.478 e. The van der Waals surface area contributed by atoms with Gasteiger partial charge in [-0.25, -0.2) is 4.79 Å². The van der Waals surface area contributed by atoms with Gasteiger partial charge in [0.25, 0.3) is 0 Å². The number of carboxylic acid groups (broad SMARTS) is 1. The molecule has 0 saturated heterocycles. The molecule has 4 heteroatoms. The molecule has 0 aromatic rings. The Hall–Kier alpha value is -1.97. The fourth-order valence-electron chi connectivity index (χ4n) is 8.80. The lowest BCUT2D eigenvalue weighted by Crippen LogP contribution is -2.53. The Labute approximate surface area is 205 Å². The maximum atomic E-state index is 12.8. The highest BCUT2D eigenvalue weighted by Gasteiger charge is 2.65. The van der Waals surface area contributed by atoms with E-state index in [0.717, 1.165) is 32.1 Å². The van der Waals surface area contributed by atoms with Gasteiger partial charge in [0.1, 0.15) is 5.78 Å². The van der Waals surface area contributed by atoms with E-state index in [9.17, 15) is 19.5 Å². The summed E-state index contributed by atoms with van der Waals surface area (Å²) in [5, 5.41) is 9.17. The third-order valence-electron chi connectivity index (χ3n) is 11.1. The molecule has 0 amide bonds. The van der Waals surface area contributed by atoms with Gasteiger partial charge in [-0.05, 0) is 80.6 Å². The Morgan fingerprint density at radius 1 is 1.18 bits per heavy atom. The predicted molar refractivity (Wildman–Crippen MR) is 134 cm³/mol. The van der Waals surface area contributed by atoms with E-state index in [0.29, 0.717) is 30.5 Å². The molecule has 186 valence electrons. The lowest BCUT2D eigenvalue weighted by molar-refractivity contribution is -0.142. The number of carbonyl (C=O) groups is 3. The van der Waals surface area contributed by atoms with Crippen LogP contribution in [0.25, 0.3) is 0 Å². The zero-order valence-corrected chi connectivity index (χ0v) is 22.1. The first-order valence-corrected chi connectivity index (χ1v) is 13.1. The monoisotopic (exact) mass is 466 g/mol. The summed E-state index contributed by atoms with van der Waals surface area (Å²) in [6.07, 6.45) is 12.4. The van der Waals surface area contributed by atoms with E-state index in [2.05, 4.69) is 53.7 Å². The summed E-state index contributed by atoms with van der Waals surface area (Å²) < 4.78 is 0. The second kappa shape index (κ2) is 8.03. The molecule has 4 aliphatic carbocycles. The Morgan fingerprint density at radius 2 is 1.85 bits per heavy atom. The molecule has 0 bridgehead atoms. The Bertz CT molecular complexity index is 1030. The van der Waals surface area contributed by atoms with Gasteiger partial charge >= 0.3 is 5.97 Å². The van der Waals surface area contributed by atoms with Crippen molar-refractivity contribution in [2.75, 3.05) is 0 Å². The number of ketones is 2. The number of fused-ring (bicyclic) bond motifs is 4. The van der Waals surface area contributed by atoms with Gasteiger partial charge in [-0.2, -0.15) is 0 Å². The lowest BCUT2D eigenvalue weighted by Gasteiger charge is -2.57. The molecule has 1 spiro atoms. The molecule has 0 heterocycles. The van der Waals surface area contributed by atoms with Crippen LogP contribution in [0, 0.1) is 39.4 Å². The number of allylic oxidation sites excluding steroid dienone is 5. The summed E-state index contributed by atoms with van der Waals surface area (Å²) in [5.41, 5.74) is 2.85. The first-order valence-electron chi connectivity index (χ1n) is 13.1. The fraction of sp³-hybridized carbons (Fsp3) is 0.700. The molecule has 0 unspecified atom stereocenters. The average Bonchev–Trinajstić information content (AvgIpc) is 3.27. The Kier molecular flexibility index (Phi) is 5.94. The van der Waals surface area contributed by atoms with E-state index in [-0.39, 0.29) is 38.9 Å². The molecule has 0 aromatic heterocycles. The molecule has 4 nitrogen and oxygen atoms in total. The quantitative estimate of drug-likeness (QED) is 0.361. The number of aliphatic carboxylic acids is 1. The largest absolute Gasteiger partial charge is 0.478 e. The summed E-state index contributed by atoms with van der Waals surface area (Å²) in [5.74, 6) is 0.269. The molecule has 4 rings (SSSR count). The number of hydrogen-bond acceptors (Lipinski definition) is 3.